The number of carbonyl (C=O) groups is 1. The number of hydrogen-bond acceptors (Lipinski definition) is 4. The molecule has 1 radical (unpaired) electrons. The Morgan fingerprint density at radius 3 is 2.94 bits per heavy atom. The summed E-state index contributed by atoms with van der Waals surface area (Å²) in [7, 11) is 3.98. The summed E-state index contributed by atoms with van der Waals surface area (Å²) in [4.78, 5) is 17.2. The summed E-state index contributed by atoms with van der Waals surface area (Å²) in [5.74, 6) is -0.197. The fraction of sp³-hybridized carbons (Fsp3) is 0.417. The molecule has 0 fully saturated rings. The SMILES string of the molecule is [CH2]C(=O)c1ccnc(COCCN(C)C)c1. The largest absolute Gasteiger partial charge is 0.374 e. The summed E-state index contributed by atoms with van der Waals surface area (Å²) in [6.45, 7) is 5.30. The van der Waals surface area contributed by atoms with Crippen LogP contribution in [0, 0.1) is 6.92 Å². The predicted molar refractivity (Wildman–Crippen MR) is 62.1 cm³/mol. The molecule has 1 aromatic rings. The molecule has 4 nitrogen and oxygen atoms in total. The van der Waals surface area contributed by atoms with Crippen LogP contribution < -0.4 is 0 Å². The van der Waals surface area contributed by atoms with Crippen molar-refractivity contribution in [1.29, 1.82) is 0 Å². The predicted octanol–water partition coefficient (Wildman–Crippen LogP) is 1.18. The third-order valence-corrected chi connectivity index (χ3v) is 2.07. The van der Waals surface area contributed by atoms with E-state index < -0.39 is 0 Å². The van der Waals surface area contributed by atoms with Gasteiger partial charge < -0.3 is 9.64 Å². The van der Waals surface area contributed by atoms with Gasteiger partial charge in [-0.15, -0.1) is 0 Å². The number of carbonyl (C=O) groups excluding carboxylic acids is 1. The zero-order chi connectivity index (χ0) is 12.0. The molecule has 0 aliphatic carbocycles. The molecule has 0 amide bonds. The van der Waals surface area contributed by atoms with Crippen molar-refractivity contribution in [3.63, 3.8) is 0 Å². The molecule has 4 heteroatoms. The zero-order valence-corrected chi connectivity index (χ0v) is 9.77. The summed E-state index contributed by atoms with van der Waals surface area (Å²) in [5, 5.41) is 0. The molecule has 1 aromatic heterocycles. The Bertz CT molecular complexity index is 351. The van der Waals surface area contributed by atoms with Crippen LogP contribution in [0.1, 0.15) is 16.1 Å². The average Bonchev–Trinajstić information content (AvgIpc) is 2.24. The van der Waals surface area contributed by atoms with Gasteiger partial charge in [0.05, 0.1) is 18.9 Å². The maximum atomic E-state index is 11.0. The first-order valence-corrected chi connectivity index (χ1v) is 5.13. The molecule has 0 saturated carbocycles. The first kappa shape index (κ1) is 12.8. The molecule has 0 spiro atoms. The smallest absolute Gasteiger partial charge is 0.163 e. The molecule has 0 aromatic carbocycles. The topological polar surface area (TPSA) is 42.4 Å². The second kappa shape index (κ2) is 6.35. The van der Waals surface area contributed by atoms with E-state index >= 15 is 0 Å². The molecule has 0 atom stereocenters. The van der Waals surface area contributed by atoms with Crippen LogP contribution in [0.2, 0.25) is 0 Å². The highest BCUT2D eigenvalue weighted by atomic mass is 16.5. The first-order chi connectivity index (χ1) is 7.59. The number of Topliss-reactive ketones (excluding diaryl/α,β-unsaturated/α-hetero) is 1. The van der Waals surface area contributed by atoms with E-state index in [0.29, 0.717) is 18.8 Å². The Morgan fingerprint density at radius 2 is 2.31 bits per heavy atom. The van der Waals surface area contributed by atoms with E-state index in [0.717, 1.165) is 12.2 Å². The number of pyridine rings is 1. The van der Waals surface area contributed by atoms with E-state index in [2.05, 4.69) is 11.9 Å². The molecule has 16 heavy (non-hydrogen) atoms. The standard InChI is InChI=1S/C12H17N2O2/c1-10(15)11-4-5-13-12(8-11)9-16-7-6-14(2)3/h4-5,8H,1,6-7,9H2,2-3H3. The van der Waals surface area contributed by atoms with Crippen molar-refractivity contribution in [1.82, 2.24) is 9.88 Å². The summed E-state index contributed by atoms with van der Waals surface area (Å²) in [6, 6.07) is 3.36. The Balaban J connectivity index is 2.42. The molecule has 0 aliphatic heterocycles. The highest BCUT2D eigenvalue weighted by Gasteiger charge is 2.01. The van der Waals surface area contributed by atoms with Crippen LogP contribution in [0.15, 0.2) is 18.3 Å². The third kappa shape index (κ3) is 4.51. The first-order valence-electron chi connectivity index (χ1n) is 5.13. The molecule has 1 rings (SSSR count). The van der Waals surface area contributed by atoms with Crippen LogP contribution in [0.5, 0.6) is 0 Å². The fourth-order valence-electron chi connectivity index (χ4n) is 1.15. The van der Waals surface area contributed by atoms with E-state index in [4.69, 9.17) is 4.74 Å². The van der Waals surface area contributed by atoms with Gasteiger partial charge in [-0.2, -0.15) is 0 Å². The Kier molecular flexibility index (Phi) is 5.08. The van der Waals surface area contributed by atoms with Crippen molar-refractivity contribution in [3.05, 3.63) is 36.5 Å². The van der Waals surface area contributed by atoms with Crippen molar-refractivity contribution in [2.45, 2.75) is 6.61 Å². The van der Waals surface area contributed by atoms with E-state index in [1.54, 1.807) is 18.3 Å². The molecule has 87 valence electrons. The number of ketones is 1. The molecule has 1 heterocycles. The zero-order valence-electron chi connectivity index (χ0n) is 9.77. The average molecular weight is 221 g/mol. The van der Waals surface area contributed by atoms with Crippen LogP contribution in [0.4, 0.5) is 0 Å². The molecule has 0 saturated heterocycles. The third-order valence-electron chi connectivity index (χ3n) is 2.07. The fourth-order valence-corrected chi connectivity index (χ4v) is 1.15. The van der Waals surface area contributed by atoms with Crippen molar-refractivity contribution in [2.24, 2.45) is 0 Å². The van der Waals surface area contributed by atoms with Crippen LogP contribution in [0.3, 0.4) is 0 Å². The van der Waals surface area contributed by atoms with Crippen LogP contribution in [0.25, 0.3) is 0 Å². The van der Waals surface area contributed by atoms with Gasteiger partial charge in [0.2, 0.25) is 0 Å². The molecule has 0 bridgehead atoms. The number of ether oxygens (including phenoxy) is 1. The van der Waals surface area contributed by atoms with Gasteiger partial charge in [0, 0.05) is 25.2 Å². The van der Waals surface area contributed by atoms with Crippen LogP contribution >= 0.6 is 0 Å². The minimum atomic E-state index is -0.197. The van der Waals surface area contributed by atoms with E-state index in [9.17, 15) is 4.79 Å². The van der Waals surface area contributed by atoms with Gasteiger partial charge in [-0.05, 0) is 26.2 Å². The molecule has 0 aliphatic rings. The van der Waals surface area contributed by atoms with E-state index in [1.807, 2.05) is 19.0 Å². The highest BCUT2D eigenvalue weighted by Crippen LogP contribution is 2.03. The number of rotatable bonds is 6. The Labute approximate surface area is 96.2 Å². The lowest BCUT2D eigenvalue weighted by atomic mass is 10.2. The maximum absolute atomic E-state index is 11.0. The normalized spacial score (nSPS) is 10.8. The van der Waals surface area contributed by atoms with Crippen molar-refractivity contribution >= 4 is 5.78 Å². The van der Waals surface area contributed by atoms with Crippen LogP contribution in [-0.2, 0) is 11.3 Å². The quantitative estimate of drug-likeness (QED) is 0.534. The van der Waals surface area contributed by atoms with Crippen molar-refractivity contribution in [2.75, 3.05) is 27.2 Å². The number of nitrogens with zero attached hydrogens (tertiary/aromatic N) is 2. The lowest BCUT2D eigenvalue weighted by Crippen LogP contribution is -2.18. The molecular formula is C12H17N2O2. The van der Waals surface area contributed by atoms with Gasteiger partial charge in [-0.25, -0.2) is 0 Å². The van der Waals surface area contributed by atoms with Crippen molar-refractivity contribution in [3.8, 4) is 0 Å². The second-order valence-electron chi connectivity index (χ2n) is 3.81. The Hall–Kier alpha value is -1.26. The number of hydrogen-bond donors (Lipinski definition) is 0. The van der Waals surface area contributed by atoms with E-state index in [-0.39, 0.29) is 5.78 Å². The van der Waals surface area contributed by atoms with Gasteiger partial charge in [-0.1, -0.05) is 0 Å². The molecule has 0 unspecified atom stereocenters. The van der Waals surface area contributed by atoms with Gasteiger partial charge in [-0.3, -0.25) is 9.78 Å². The van der Waals surface area contributed by atoms with Crippen molar-refractivity contribution < 1.29 is 9.53 Å². The summed E-state index contributed by atoms with van der Waals surface area (Å²) >= 11 is 0. The van der Waals surface area contributed by atoms with Gasteiger partial charge >= 0.3 is 0 Å². The minimum Gasteiger partial charge on any atom is -0.374 e. The summed E-state index contributed by atoms with van der Waals surface area (Å²) < 4.78 is 5.43. The Morgan fingerprint density at radius 1 is 1.56 bits per heavy atom. The summed E-state index contributed by atoms with van der Waals surface area (Å²) in [6.07, 6.45) is 1.60. The lowest BCUT2D eigenvalue weighted by Gasteiger charge is -2.09. The van der Waals surface area contributed by atoms with Crippen LogP contribution in [-0.4, -0.2) is 42.9 Å². The summed E-state index contributed by atoms with van der Waals surface area (Å²) in [5.41, 5.74) is 1.33. The number of aromatic nitrogens is 1. The lowest BCUT2D eigenvalue weighted by molar-refractivity contribution is 0.102. The van der Waals surface area contributed by atoms with Gasteiger partial charge in [0.1, 0.15) is 0 Å². The minimum absolute atomic E-state index is 0.197. The van der Waals surface area contributed by atoms with Gasteiger partial charge in [0.25, 0.3) is 0 Å². The maximum Gasteiger partial charge on any atom is 0.163 e. The highest BCUT2D eigenvalue weighted by molar-refractivity contribution is 5.99. The second-order valence-corrected chi connectivity index (χ2v) is 3.81. The number of likely N-dealkylation sites (N-methyl/N-ethyl adjacent to an activating group) is 1. The molecular weight excluding hydrogens is 204 g/mol. The monoisotopic (exact) mass is 221 g/mol. The van der Waals surface area contributed by atoms with Gasteiger partial charge in [0.15, 0.2) is 5.78 Å². The van der Waals surface area contributed by atoms with E-state index in [1.165, 1.54) is 0 Å². The molecule has 0 N–H and O–H groups in total.